The Balaban J connectivity index is 2.85. The number of carbonyl (C=O) groups excluding carboxylic acids is 1. The van der Waals surface area contributed by atoms with Crippen LogP contribution in [-0.4, -0.2) is 25.3 Å². The number of esters is 1. The Hall–Kier alpha value is -1.08. The minimum Gasteiger partial charge on any atom is -0.465 e. The van der Waals surface area contributed by atoms with Crippen molar-refractivity contribution in [2.24, 2.45) is 0 Å². The molecule has 0 saturated carbocycles. The molecule has 0 aliphatic rings. The maximum absolute atomic E-state index is 12.2. The van der Waals surface area contributed by atoms with E-state index in [4.69, 9.17) is 4.74 Å². The van der Waals surface area contributed by atoms with Crippen LogP contribution >= 0.6 is 15.9 Å². The van der Waals surface area contributed by atoms with Crippen molar-refractivity contribution in [2.75, 3.05) is 13.2 Å². The maximum atomic E-state index is 12.2. The number of ether oxygens (including phenoxy) is 1. The second-order valence-electron chi connectivity index (χ2n) is 3.73. The lowest BCUT2D eigenvalue weighted by Crippen LogP contribution is -2.36. The molecule has 19 heavy (non-hydrogen) atoms. The molecule has 0 amide bonds. The van der Waals surface area contributed by atoms with Crippen molar-refractivity contribution in [1.29, 1.82) is 0 Å². The lowest BCUT2D eigenvalue weighted by atomic mass is 10.1. The topological polar surface area (TPSA) is 38.3 Å². The largest absolute Gasteiger partial charge is 0.465 e. The molecule has 0 fully saturated rings. The number of halogens is 4. The van der Waals surface area contributed by atoms with Crippen molar-refractivity contribution < 1.29 is 22.7 Å². The molecule has 0 aliphatic carbocycles. The van der Waals surface area contributed by atoms with E-state index in [2.05, 4.69) is 21.2 Å². The third-order valence-electron chi connectivity index (χ3n) is 2.23. The highest BCUT2D eigenvalue weighted by molar-refractivity contribution is 9.10. The van der Waals surface area contributed by atoms with Gasteiger partial charge in [-0.25, -0.2) is 4.79 Å². The second-order valence-corrected chi connectivity index (χ2v) is 4.65. The summed E-state index contributed by atoms with van der Waals surface area (Å²) in [7, 11) is 0. The van der Waals surface area contributed by atoms with Crippen molar-refractivity contribution in [3.8, 4) is 0 Å². The zero-order chi connectivity index (χ0) is 14.5. The van der Waals surface area contributed by atoms with E-state index in [-0.39, 0.29) is 6.61 Å². The van der Waals surface area contributed by atoms with Crippen molar-refractivity contribution in [2.45, 2.75) is 19.1 Å². The molecule has 0 spiro atoms. The average molecular weight is 340 g/mol. The van der Waals surface area contributed by atoms with Gasteiger partial charge in [0.15, 0.2) is 0 Å². The minimum atomic E-state index is -4.39. The molecule has 1 N–H and O–H groups in total. The summed E-state index contributed by atoms with van der Waals surface area (Å²) in [4.78, 5) is 11.7. The van der Waals surface area contributed by atoms with Gasteiger partial charge in [0.05, 0.1) is 13.2 Å². The van der Waals surface area contributed by atoms with E-state index in [1.54, 1.807) is 31.2 Å². The first-order valence-electron chi connectivity index (χ1n) is 5.55. The molecule has 3 nitrogen and oxygen atoms in total. The summed E-state index contributed by atoms with van der Waals surface area (Å²) >= 11 is 3.22. The standard InChI is InChI=1S/C12H13BrF3NO2/c1-2-19-11(18)10(17-7-12(14,15)16)8-3-5-9(13)6-4-8/h3-6,10,17H,2,7H2,1H3. The van der Waals surface area contributed by atoms with Gasteiger partial charge in [0.1, 0.15) is 6.04 Å². The van der Waals surface area contributed by atoms with Crippen molar-refractivity contribution in [1.82, 2.24) is 5.32 Å². The van der Waals surface area contributed by atoms with E-state index in [1.807, 2.05) is 0 Å². The Morgan fingerprint density at radius 1 is 1.37 bits per heavy atom. The van der Waals surface area contributed by atoms with E-state index >= 15 is 0 Å². The Kier molecular flexibility index (Phi) is 5.81. The predicted octanol–water partition coefficient (Wildman–Crippen LogP) is 3.21. The molecule has 1 unspecified atom stereocenters. The van der Waals surface area contributed by atoms with Crippen LogP contribution < -0.4 is 5.32 Å². The van der Waals surface area contributed by atoms with Gasteiger partial charge in [-0.15, -0.1) is 0 Å². The van der Waals surface area contributed by atoms with Crippen LogP contribution in [0.1, 0.15) is 18.5 Å². The monoisotopic (exact) mass is 339 g/mol. The Morgan fingerprint density at radius 2 is 1.95 bits per heavy atom. The molecule has 0 radical (unpaired) electrons. The molecule has 0 aromatic heterocycles. The first-order chi connectivity index (χ1) is 8.83. The Labute approximate surface area is 117 Å². The lowest BCUT2D eigenvalue weighted by molar-refractivity contribution is -0.149. The van der Waals surface area contributed by atoms with Crippen molar-refractivity contribution in [3.05, 3.63) is 34.3 Å². The summed E-state index contributed by atoms with van der Waals surface area (Å²) in [5.74, 6) is -0.728. The van der Waals surface area contributed by atoms with Gasteiger partial charge >= 0.3 is 12.1 Å². The number of hydrogen-bond acceptors (Lipinski definition) is 3. The quantitative estimate of drug-likeness (QED) is 0.837. The van der Waals surface area contributed by atoms with Crippen LogP contribution in [0, 0.1) is 0 Å². The van der Waals surface area contributed by atoms with Crippen LogP contribution in [0.25, 0.3) is 0 Å². The van der Waals surface area contributed by atoms with Gasteiger partial charge < -0.3 is 4.74 Å². The third kappa shape index (κ3) is 5.61. The first-order valence-corrected chi connectivity index (χ1v) is 6.35. The summed E-state index contributed by atoms with van der Waals surface area (Å²) in [6.45, 7) is 0.451. The highest BCUT2D eigenvalue weighted by Crippen LogP contribution is 2.20. The van der Waals surface area contributed by atoms with Crippen LogP contribution in [0.4, 0.5) is 13.2 Å². The summed E-state index contributed by atoms with van der Waals surface area (Å²) in [5.41, 5.74) is 0.422. The molecule has 0 bridgehead atoms. The maximum Gasteiger partial charge on any atom is 0.401 e. The molecule has 0 heterocycles. The fraction of sp³-hybridized carbons (Fsp3) is 0.417. The van der Waals surface area contributed by atoms with Crippen molar-refractivity contribution in [3.63, 3.8) is 0 Å². The third-order valence-corrected chi connectivity index (χ3v) is 2.76. The predicted molar refractivity (Wildman–Crippen MR) is 67.6 cm³/mol. The second kappa shape index (κ2) is 6.91. The molecule has 1 aromatic rings. The summed E-state index contributed by atoms with van der Waals surface area (Å²) in [5, 5.41) is 2.17. The van der Waals surface area contributed by atoms with Gasteiger partial charge in [0, 0.05) is 4.47 Å². The average Bonchev–Trinajstić information content (AvgIpc) is 2.30. The van der Waals surface area contributed by atoms with E-state index < -0.39 is 24.7 Å². The van der Waals surface area contributed by atoms with Crippen LogP contribution in [0.5, 0.6) is 0 Å². The van der Waals surface area contributed by atoms with Crippen molar-refractivity contribution >= 4 is 21.9 Å². The van der Waals surface area contributed by atoms with Crippen LogP contribution in [0.15, 0.2) is 28.7 Å². The Morgan fingerprint density at radius 3 is 2.42 bits per heavy atom. The summed E-state index contributed by atoms with van der Waals surface area (Å²) < 4.78 is 42.2. The van der Waals surface area contributed by atoms with Gasteiger partial charge in [0.25, 0.3) is 0 Å². The smallest absolute Gasteiger partial charge is 0.401 e. The SMILES string of the molecule is CCOC(=O)C(NCC(F)(F)F)c1ccc(Br)cc1. The highest BCUT2D eigenvalue weighted by atomic mass is 79.9. The molecule has 1 aromatic carbocycles. The van der Waals surface area contributed by atoms with Gasteiger partial charge in [0.2, 0.25) is 0 Å². The zero-order valence-electron chi connectivity index (χ0n) is 10.1. The molecule has 0 aliphatic heterocycles. The Bertz CT molecular complexity index is 420. The molecule has 1 rings (SSSR count). The van der Waals surface area contributed by atoms with E-state index in [0.717, 1.165) is 4.47 Å². The molecule has 0 saturated heterocycles. The number of alkyl halides is 3. The molecule has 7 heteroatoms. The summed E-state index contributed by atoms with van der Waals surface area (Å²) in [6, 6.07) is 5.30. The fourth-order valence-electron chi connectivity index (χ4n) is 1.44. The number of hydrogen-bond donors (Lipinski definition) is 1. The normalized spacial score (nSPS) is 13.1. The van der Waals surface area contributed by atoms with E-state index in [9.17, 15) is 18.0 Å². The summed E-state index contributed by atoms with van der Waals surface area (Å²) in [6.07, 6.45) is -4.39. The van der Waals surface area contributed by atoms with Crippen LogP contribution in [0.2, 0.25) is 0 Å². The lowest BCUT2D eigenvalue weighted by Gasteiger charge is -2.18. The van der Waals surface area contributed by atoms with Crippen LogP contribution in [-0.2, 0) is 9.53 Å². The number of rotatable bonds is 5. The molecular formula is C12H13BrF3NO2. The minimum absolute atomic E-state index is 0.111. The first kappa shape index (κ1) is 16.0. The van der Waals surface area contributed by atoms with Crippen LogP contribution in [0.3, 0.4) is 0 Å². The molecule has 106 valence electrons. The molecule has 1 atom stereocenters. The van der Waals surface area contributed by atoms with E-state index in [1.165, 1.54) is 0 Å². The number of benzene rings is 1. The fourth-order valence-corrected chi connectivity index (χ4v) is 1.70. The number of carbonyl (C=O) groups is 1. The highest BCUT2D eigenvalue weighted by Gasteiger charge is 2.31. The van der Waals surface area contributed by atoms with Gasteiger partial charge in [-0.3, -0.25) is 5.32 Å². The van der Waals surface area contributed by atoms with Gasteiger partial charge in [-0.1, -0.05) is 28.1 Å². The van der Waals surface area contributed by atoms with Gasteiger partial charge in [-0.2, -0.15) is 13.2 Å². The molecular weight excluding hydrogens is 327 g/mol. The number of nitrogens with one attached hydrogen (secondary N) is 1. The van der Waals surface area contributed by atoms with E-state index in [0.29, 0.717) is 5.56 Å². The van der Waals surface area contributed by atoms with Gasteiger partial charge in [-0.05, 0) is 24.6 Å². The zero-order valence-corrected chi connectivity index (χ0v) is 11.7.